The lowest BCUT2D eigenvalue weighted by Gasteiger charge is -2.28. The van der Waals surface area contributed by atoms with Crippen LogP contribution in [0.5, 0.6) is 6.01 Å². The zero-order valence-corrected chi connectivity index (χ0v) is 13.9. The molecule has 1 atom stereocenters. The molecule has 0 aliphatic carbocycles. The topological polar surface area (TPSA) is 72.4 Å². The highest BCUT2D eigenvalue weighted by molar-refractivity contribution is 5.39. The van der Waals surface area contributed by atoms with Gasteiger partial charge in [0.1, 0.15) is 0 Å². The van der Waals surface area contributed by atoms with Crippen molar-refractivity contribution in [2.45, 2.75) is 46.3 Å². The Bertz CT molecular complexity index is 428. The Morgan fingerprint density at radius 1 is 1.19 bits per heavy atom. The first-order chi connectivity index (χ1) is 10.0. The fourth-order valence-corrected chi connectivity index (χ4v) is 1.78. The molecule has 7 nitrogen and oxygen atoms in total. The Labute approximate surface area is 127 Å². The molecule has 0 saturated carbocycles. The van der Waals surface area contributed by atoms with Crippen LogP contribution in [0.2, 0.25) is 0 Å². The van der Waals surface area contributed by atoms with Crippen LogP contribution < -0.4 is 15.0 Å². The monoisotopic (exact) mass is 297 g/mol. The Kier molecular flexibility index (Phi) is 7.14. The van der Waals surface area contributed by atoms with E-state index < -0.39 is 0 Å². The molecule has 1 rings (SSSR count). The summed E-state index contributed by atoms with van der Waals surface area (Å²) in [5.74, 6) is 1.11. The molecule has 1 aromatic rings. The standard InChI is InChI=1S/C14H27N5O2/c1-7-11(4)19(8-9-20-6)13-16-12(15-5)17-14(18-13)21-10(2)3/h10-11H,7-9H2,1-6H3,(H,15,16,17,18). The summed E-state index contributed by atoms with van der Waals surface area (Å²) >= 11 is 0. The zero-order chi connectivity index (χ0) is 15.8. The van der Waals surface area contributed by atoms with Gasteiger partial charge in [0.2, 0.25) is 11.9 Å². The highest BCUT2D eigenvalue weighted by Gasteiger charge is 2.18. The second-order valence-electron chi connectivity index (χ2n) is 5.10. The van der Waals surface area contributed by atoms with Crippen molar-refractivity contribution in [2.24, 2.45) is 0 Å². The number of hydrogen-bond donors (Lipinski definition) is 1. The minimum absolute atomic E-state index is 0.0148. The van der Waals surface area contributed by atoms with Crippen molar-refractivity contribution in [1.82, 2.24) is 15.0 Å². The second kappa shape index (κ2) is 8.61. The minimum atomic E-state index is 0.0148. The summed E-state index contributed by atoms with van der Waals surface area (Å²) in [5, 5.41) is 2.95. The summed E-state index contributed by atoms with van der Waals surface area (Å²) in [7, 11) is 3.47. The van der Waals surface area contributed by atoms with Gasteiger partial charge in [-0.05, 0) is 27.2 Å². The van der Waals surface area contributed by atoms with E-state index in [4.69, 9.17) is 9.47 Å². The third kappa shape index (κ3) is 5.34. The van der Waals surface area contributed by atoms with Gasteiger partial charge in [-0.25, -0.2) is 0 Å². The molecular formula is C14H27N5O2. The number of aromatic nitrogens is 3. The zero-order valence-electron chi connectivity index (χ0n) is 13.9. The fourth-order valence-electron chi connectivity index (χ4n) is 1.78. The largest absolute Gasteiger partial charge is 0.461 e. The van der Waals surface area contributed by atoms with Crippen molar-refractivity contribution < 1.29 is 9.47 Å². The van der Waals surface area contributed by atoms with Crippen LogP contribution in [-0.2, 0) is 4.74 Å². The smallest absolute Gasteiger partial charge is 0.323 e. The van der Waals surface area contributed by atoms with Crippen LogP contribution >= 0.6 is 0 Å². The molecular weight excluding hydrogens is 270 g/mol. The van der Waals surface area contributed by atoms with Crippen molar-refractivity contribution >= 4 is 11.9 Å². The molecule has 1 aromatic heterocycles. The van der Waals surface area contributed by atoms with E-state index in [1.54, 1.807) is 14.2 Å². The average molecular weight is 297 g/mol. The number of ether oxygens (including phenoxy) is 2. The van der Waals surface area contributed by atoms with Crippen molar-refractivity contribution in [3.05, 3.63) is 0 Å². The Hall–Kier alpha value is -1.63. The van der Waals surface area contributed by atoms with Crippen molar-refractivity contribution in [3.8, 4) is 6.01 Å². The molecule has 1 heterocycles. The van der Waals surface area contributed by atoms with Crippen LogP contribution in [0.3, 0.4) is 0 Å². The lowest BCUT2D eigenvalue weighted by atomic mass is 10.2. The quantitative estimate of drug-likeness (QED) is 0.747. The average Bonchev–Trinajstić information content (AvgIpc) is 2.46. The molecule has 21 heavy (non-hydrogen) atoms. The first kappa shape index (κ1) is 17.4. The second-order valence-corrected chi connectivity index (χ2v) is 5.10. The van der Waals surface area contributed by atoms with Crippen molar-refractivity contribution in [3.63, 3.8) is 0 Å². The van der Waals surface area contributed by atoms with Crippen LogP contribution in [0.1, 0.15) is 34.1 Å². The molecule has 0 saturated heterocycles. The first-order valence-corrected chi connectivity index (χ1v) is 7.37. The van der Waals surface area contributed by atoms with Crippen molar-refractivity contribution in [2.75, 3.05) is 37.5 Å². The number of methoxy groups -OCH3 is 1. The predicted molar refractivity (Wildman–Crippen MR) is 84.1 cm³/mol. The highest BCUT2D eigenvalue weighted by Crippen LogP contribution is 2.18. The van der Waals surface area contributed by atoms with Gasteiger partial charge in [-0.2, -0.15) is 15.0 Å². The molecule has 1 unspecified atom stereocenters. The Morgan fingerprint density at radius 2 is 1.90 bits per heavy atom. The summed E-state index contributed by atoms with van der Waals surface area (Å²) < 4.78 is 10.8. The van der Waals surface area contributed by atoms with E-state index in [9.17, 15) is 0 Å². The van der Waals surface area contributed by atoms with Crippen LogP contribution in [0, 0.1) is 0 Å². The molecule has 0 bridgehead atoms. The molecule has 0 spiro atoms. The summed E-state index contributed by atoms with van der Waals surface area (Å²) in [5.41, 5.74) is 0. The van der Waals surface area contributed by atoms with Crippen LogP contribution in [0.15, 0.2) is 0 Å². The summed E-state index contributed by atoms with van der Waals surface area (Å²) in [6.07, 6.45) is 1.01. The highest BCUT2D eigenvalue weighted by atomic mass is 16.5. The summed E-state index contributed by atoms with van der Waals surface area (Å²) in [6, 6.07) is 0.643. The van der Waals surface area contributed by atoms with E-state index in [0.29, 0.717) is 30.6 Å². The number of nitrogens with one attached hydrogen (secondary N) is 1. The minimum Gasteiger partial charge on any atom is -0.461 e. The van der Waals surface area contributed by atoms with Crippen LogP contribution in [0.4, 0.5) is 11.9 Å². The number of rotatable bonds is 9. The van der Waals surface area contributed by atoms with Gasteiger partial charge in [0, 0.05) is 26.7 Å². The lowest BCUT2D eigenvalue weighted by molar-refractivity contribution is 0.202. The summed E-state index contributed by atoms with van der Waals surface area (Å²) in [4.78, 5) is 15.2. The molecule has 120 valence electrons. The van der Waals surface area contributed by atoms with E-state index in [2.05, 4.69) is 39.0 Å². The van der Waals surface area contributed by atoms with Gasteiger partial charge in [-0.3, -0.25) is 0 Å². The van der Waals surface area contributed by atoms with Crippen LogP contribution in [-0.4, -0.2) is 54.4 Å². The maximum Gasteiger partial charge on any atom is 0.323 e. The number of hydrogen-bond acceptors (Lipinski definition) is 7. The molecule has 0 aliphatic rings. The van der Waals surface area contributed by atoms with Gasteiger partial charge in [-0.15, -0.1) is 0 Å². The molecule has 0 fully saturated rings. The predicted octanol–water partition coefficient (Wildman–Crippen LogP) is 1.95. The first-order valence-electron chi connectivity index (χ1n) is 7.37. The molecule has 0 aliphatic heterocycles. The number of nitrogens with zero attached hydrogens (tertiary/aromatic N) is 4. The van der Waals surface area contributed by atoms with E-state index in [0.717, 1.165) is 13.0 Å². The van der Waals surface area contributed by atoms with Gasteiger partial charge >= 0.3 is 6.01 Å². The molecule has 0 aromatic carbocycles. The molecule has 0 amide bonds. The van der Waals surface area contributed by atoms with E-state index in [1.807, 2.05) is 13.8 Å². The van der Waals surface area contributed by atoms with Gasteiger partial charge in [0.15, 0.2) is 0 Å². The van der Waals surface area contributed by atoms with Gasteiger partial charge < -0.3 is 19.7 Å². The number of anilines is 2. The summed E-state index contributed by atoms with van der Waals surface area (Å²) in [6.45, 7) is 9.50. The fraction of sp³-hybridized carbons (Fsp3) is 0.786. The maximum atomic E-state index is 5.61. The Morgan fingerprint density at radius 3 is 2.43 bits per heavy atom. The molecule has 1 N–H and O–H groups in total. The van der Waals surface area contributed by atoms with Gasteiger partial charge in [0.25, 0.3) is 0 Å². The van der Waals surface area contributed by atoms with E-state index in [1.165, 1.54) is 0 Å². The van der Waals surface area contributed by atoms with Crippen LogP contribution in [0.25, 0.3) is 0 Å². The third-order valence-corrected chi connectivity index (χ3v) is 3.08. The Balaban J connectivity index is 3.09. The van der Waals surface area contributed by atoms with E-state index >= 15 is 0 Å². The van der Waals surface area contributed by atoms with Crippen molar-refractivity contribution in [1.29, 1.82) is 0 Å². The maximum absolute atomic E-state index is 5.61. The SMILES string of the molecule is CCC(C)N(CCOC)c1nc(NC)nc(OC(C)C)n1. The van der Waals surface area contributed by atoms with E-state index in [-0.39, 0.29) is 6.10 Å². The molecule has 7 heteroatoms. The third-order valence-electron chi connectivity index (χ3n) is 3.08. The molecule has 0 radical (unpaired) electrons. The lowest BCUT2D eigenvalue weighted by Crippen LogP contribution is -2.37. The normalized spacial score (nSPS) is 12.3. The van der Waals surface area contributed by atoms with Gasteiger partial charge in [0.05, 0.1) is 12.7 Å². The van der Waals surface area contributed by atoms with Gasteiger partial charge in [-0.1, -0.05) is 6.92 Å².